The van der Waals surface area contributed by atoms with Crippen molar-refractivity contribution in [2.45, 2.75) is 13.2 Å². The van der Waals surface area contributed by atoms with Crippen molar-refractivity contribution in [2.75, 3.05) is 12.4 Å². The number of ether oxygens (including phenoxy) is 3. The number of hydrogen-bond donors (Lipinski definition) is 1. The number of amides is 1. The van der Waals surface area contributed by atoms with Crippen LogP contribution in [0, 0.1) is 11.6 Å². The first-order valence-corrected chi connectivity index (χ1v) is 10.7. The van der Waals surface area contributed by atoms with Crippen molar-refractivity contribution in [2.24, 2.45) is 0 Å². The standard InChI is InChI=1S/C25H17F6N3O4/c1-36-17-10-18(26)21(19(27)11-17)34-12-20(13-2-6-15(7-3-13)37-23(28)29)32-25(34)33-22(35)14-4-8-16(9-5-14)38-24(30)31/h2-12,23-24H,1H3,(H,32,33,35). The summed E-state index contributed by atoms with van der Waals surface area (Å²) >= 11 is 0. The average molecular weight is 537 g/mol. The van der Waals surface area contributed by atoms with E-state index in [-0.39, 0.29) is 34.5 Å². The van der Waals surface area contributed by atoms with Gasteiger partial charge in [-0.15, -0.1) is 0 Å². The van der Waals surface area contributed by atoms with Crippen molar-refractivity contribution in [1.29, 1.82) is 0 Å². The molecule has 0 radical (unpaired) electrons. The lowest BCUT2D eigenvalue weighted by Crippen LogP contribution is -2.16. The maximum atomic E-state index is 14.9. The molecule has 0 aliphatic rings. The van der Waals surface area contributed by atoms with Gasteiger partial charge in [-0.05, 0) is 48.5 Å². The van der Waals surface area contributed by atoms with Gasteiger partial charge in [-0.3, -0.25) is 14.7 Å². The Hall–Kier alpha value is -4.68. The summed E-state index contributed by atoms with van der Waals surface area (Å²) in [5.41, 5.74) is -0.104. The summed E-state index contributed by atoms with van der Waals surface area (Å²) in [7, 11) is 1.23. The van der Waals surface area contributed by atoms with E-state index >= 15 is 0 Å². The molecule has 1 heterocycles. The summed E-state index contributed by atoms with van der Waals surface area (Å²) in [5.74, 6) is -3.53. The number of benzene rings is 3. The summed E-state index contributed by atoms with van der Waals surface area (Å²) in [6.07, 6.45) is 1.23. The van der Waals surface area contributed by atoms with E-state index in [9.17, 15) is 31.1 Å². The lowest BCUT2D eigenvalue weighted by Gasteiger charge is -2.12. The molecule has 0 bridgehead atoms. The second kappa shape index (κ2) is 11.2. The topological polar surface area (TPSA) is 74.6 Å². The number of hydrogen-bond acceptors (Lipinski definition) is 5. The predicted octanol–water partition coefficient (Wildman–Crippen LogP) is 6.28. The molecule has 1 aromatic heterocycles. The smallest absolute Gasteiger partial charge is 0.387 e. The average Bonchev–Trinajstić information content (AvgIpc) is 3.26. The second-order valence-corrected chi connectivity index (χ2v) is 7.52. The Balaban J connectivity index is 1.72. The molecule has 0 saturated carbocycles. The quantitative estimate of drug-likeness (QED) is 0.255. The summed E-state index contributed by atoms with van der Waals surface area (Å²) < 4.78 is 93.9. The number of halogens is 6. The van der Waals surface area contributed by atoms with Gasteiger partial charge in [0.1, 0.15) is 22.9 Å². The Labute approximate surface area is 211 Å². The zero-order valence-electron chi connectivity index (χ0n) is 19.3. The Morgan fingerprint density at radius 1 is 0.842 bits per heavy atom. The van der Waals surface area contributed by atoms with Crippen LogP contribution in [0.3, 0.4) is 0 Å². The van der Waals surface area contributed by atoms with E-state index in [1.54, 1.807) is 0 Å². The van der Waals surface area contributed by atoms with Crippen molar-refractivity contribution in [3.8, 4) is 34.2 Å². The van der Waals surface area contributed by atoms with Gasteiger partial charge in [-0.25, -0.2) is 13.8 Å². The lowest BCUT2D eigenvalue weighted by atomic mass is 10.1. The molecule has 0 saturated heterocycles. The van der Waals surface area contributed by atoms with E-state index in [2.05, 4.69) is 19.8 Å². The van der Waals surface area contributed by atoms with E-state index in [1.165, 1.54) is 49.7 Å². The van der Waals surface area contributed by atoms with Gasteiger partial charge in [-0.1, -0.05) is 0 Å². The van der Waals surface area contributed by atoms with E-state index in [1.807, 2.05) is 0 Å². The highest BCUT2D eigenvalue weighted by molar-refractivity contribution is 6.03. The SMILES string of the molecule is COc1cc(F)c(-n2cc(-c3ccc(OC(F)F)cc3)nc2NC(=O)c2ccc(OC(F)F)cc2)c(F)c1. The molecule has 198 valence electrons. The number of carbonyl (C=O) groups is 1. The first-order valence-electron chi connectivity index (χ1n) is 10.7. The molecule has 3 aromatic carbocycles. The molecule has 38 heavy (non-hydrogen) atoms. The highest BCUT2D eigenvalue weighted by Gasteiger charge is 2.21. The molecule has 0 fully saturated rings. The molecule has 1 amide bonds. The molecule has 0 spiro atoms. The largest absolute Gasteiger partial charge is 0.497 e. The fourth-order valence-electron chi connectivity index (χ4n) is 3.44. The van der Waals surface area contributed by atoms with Gasteiger partial charge in [0.2, 0.25) is 5.95 Å². The third kappa shape index (κ3) is 5.99. The third-order valence-corrected chi connectivity index (χ3v) is 5.12. The van der Waals surface area contributed by atoms with Crippen LogP contribution in [0.2, 0.25) is 0 Å². The molecule has 0 aliphatic heterocycles. The van der Waals surface area contributed by atoms with E-state index in [0.29, 0.717) is 5.56 Å². The minimum atomic E-state index is -3.05. The molecule has 1 N–H and O–H groups in total. The number of carbonyl (C=O) groups excluding carboxylic acids is 1. The minimum Gasteiger partial charge on any atom is -0.497 e. The molecule has 13 heteroatoms. The van der Waals surface area contributed by atoms with Gasteiger partial charge in [0, 0.05) is 29.5 Å². The first-order chi connectivity index (χ1) is 18.1. The second-order valence-electron chi connectivity index (χ2n) is 7.52. The van der Waals surface area contributed by atoms with Crippen LogP contribution in [0.5, 0.6) is 17.2 Å². The van der Waals surface area contributed by atoms with Crippen LogP contribution in [0.15, 0.2) is 66.9 Å². The number of anilines is 1. The maximum absolute atomic E-state index is 14.9. The van der Waals surface area contributed by atoms with Gasteiger partial charge >= 0.3 is 13.2 Å². The van der Waals surface area contributed by atoms with Gasteiger partial charge < -0.3 is 14.2 Å². The van der Waals surface area contributed by atoms with E-state index in [4.69, 9.17) is 4.74 Å². The Bertz CT molecular complexity index is 1400. The van der Waals surface area contributed by atoms with Crippen LogP contribution in [-0.4, -0.2) is 35.8 Å². The van der Waals surface area contributed by atoms with Crippen molar-refractivity contribution < 1.29 is 45.3 Å². The maximum Gasteiger partial charge on any atom is 0.387 e. The van der Waals surface area contributed by atoms with Crippen molar-refractivity contribution in [1.82, 2.24) is 9.55 Å². The molecular formula is C25H17F6N3O4. The fourth-order valence-corrected chi connectivity index (χ4v) is 3.44. The van der Waals surface area contributed by atoms with Gasteiger partial charge in [0.25, 0.3) is 5.91 Å². The Kier molecular flexibility index (Phi) is 7.74. The molecule has 4 aromatic rings. The predicted molar refractivity (Wildman–Crippen MR) is 123 cm³/mol. The summed E-state index contributed by atoms with van der Waals surface area (Å²) in [4.78, 5) is 17.1. The monoisotopic (exact) mass is 537 g/mol. The van der Waals surface area contributed by atoms with Crippen molar-refractivity contribution in [3.63, 3.8) is 0 Å². The zero-order valence-corrected chi connectivity index (χ0v) is 19.3. The summed E-state index contributed by atoms with van der Waals surface area (Å²) in [6.45, 7) is -6.08. The van der Waals surface area contributed by atoms with Crippen molar-refractivity contribution in [3.05, 3.63) is 84.1 Å². The van der Waals surface area contributed by atoms with Crippen LogP contribution in [0.4, 0.5) is 32.3 Å². The number of nitrogens with one attached hydrogen (secondary N) is 1. The molecule has 4 rings (SSSR count). The fraction of sp³-hybridized carbons (Fsp3) is 0.120. The number of imidazole rings is 1. The zero-order chi connectivity index (χ0) is 27.4. The molecular weight excluding hydrogens is 520 g/mol. The molecule has 0 unspecified atom stereocenters. The lowest BCUT2D eigenvalue weighted by molar-refractivity contribution is -0.0505. The number of alkyl halides is 4. The van der Waals surface area contributed by atoms with E-state index in [0.717, 1.165) is 28.8 Å². The van der Waals surface area contributed by atoms with E-state index < -0.39 is 36.5 Å². The van der Waals surface area contributed by atoms with Gasteiger partial charge in [-0.2, -0.15) is 17.6 Å². The minimum absolute atomic E-state index is 0.00638. The van der Waals surface area contributed by atoms with Crippen LogP contribution in [0.25, 0.3) is 16.9 Å². The van der Waals surface area contributed by atoms with Gasteiger partial charge in [0.15, 0.2) is 11.6 Å². The van der Waals surface area contributed by atoms with Crippen LogP contribution in [-0.2, 0) is 0 Å². The highest BCUT2D eigenvalue weighted by Crippen LogP contribution is 2.31. The summed E-state index contributed by atoms with van der Waals surface area (Å²) in [6, 6.07) is 11.8. The van der Waals surface area contributed by atoms with Gasteiger partial charge in [0.05, 0.1) is 12.8 Å². The first kappa shape index (κ1) is 26.4. The van der Waals surface area contributed by atoms with Crippen LogP contribution in [0.1, 0.15) is 10.4 Å². The summed E-state index contributed by atoms with van der Waals surface area (Å²) in [5, 5.41) is 2.43. The number of aromatic nitrogens is 2. The Morgan fingerprint density at radius 3 is 1.87 bits per heavy atom. The molecule has 0 aliphatic carbocycles. The number of methoxy groups -OCH3 is 1. The van der Waals surface area contributed by atoms with Crippen LogP contribution < -0.4 is 19.5 Å². The third-order valence-electron chi connectivity index (χ3n) is 5.12. The highest BCUT2D eigenvalue weighted by atomic mass is 19.3. The van der Waals surface area contributed by atoms with Crippen LogP contribution >= 0.6 is 0 Å². The molecule has 0 atom stereocenters. The number of nitrogens with zero attached hydrogens (tertiary/aromatic N) is 2. The number of rotatable bonds is 9. The normalized spacial score (nSPS) is 11.1. The molecule has 7 nitrogen and oxygen atoms in total. The Morgan fingerprint density at radius 2 is 1.37 bits per heavy atom. The van der Waals surface area contributed by atoms with Crippen molar-refractivity contribution >= 4 is 11.9 Å².